The Morgan fingerprint density at radius 1 is 1.33 bits per heavy atom. The smallest absolute Gasteiger partial charge is 0.356 e. The topological polar surface area (TPSA) is 86.5 Å². The molecule has 0 spiro atoms. The summed E-state index contributed by atoms with van der Waals surface area (Å²) < 4.78 is 0. The number of anilines is 1. The first-order chi connectivity index (χ1) is 8.65. The number of aliphatic hydroxyl groups excluding tert-OH is 1. The fourth-order valence-corrected chi connectivity index (χ4v) is 3.03. The molecule has 0 radical (unpaired) electrons. The molecule has 1 saturated heterocycles. The number of aromatic carboxylic acids is 1. The Balaban J connectivity index is 1.80. The van der Waals surface area contributed by atoms with Crippen LogP contribution >= 0.6 is 0 Å². The van der Waals surface area contributed by atoms with Crippen molar-refractivity contribution in [2.24, 2.45) is 11.8 Å². The molecule has 3 unspecified atom stereocenters. The summed E-state index contributed by atoms with van der Waals surface area (Å²) >= 11 is 0. The molecule has 0 amide bonds. The van der Waals surface area contributed by atoms with Gasteiger partial charge in [0.25, 0.3) is 0 Å². The predicted octanol–water partition coefficient (Wildman–Crippen LogP) is 0.382. The Bertz CT molecular complexity index is 479. The predicted molar refractivity (Wildman–Crippen MR) is 63.4 cm³/mol. The van der Waals surface area contributed by atoms with Crippen molar-refractivity contribution in [1.82, 2.24) is 9.97 Å². The van der Waals surface area contributed by atoms with Gasteiger partial charge in [-0.2, -0.15) is 0 Å². The Labute approximate surface area is 104 Å². The van der Waals surface area contributed by atoms with Gasteiger partial charge in [0.2, 0.25) is 0 Å². The van der Waals surface area contributed by atoms with Gasteiger partial charge >= 0.3 is 5.97 Å². The van der Waals surface area contributed by atoms with Crippen LogP contribution in [-0.4, -0.2) is 45.3 Å². The second kappa shape index (κ2) is 4.20. The maximum absolute atomic E-state index is 10.9. The Morgan fingerprint density at radius 3 is 2.89 bits per heavy atom. The molecular formula is C12H15N3O3. The first kappa shape index (κ1) is 11.4. The SMILES string of the molecule is O=C(O)c1cncc(N2CC3CCC(O)C3C2)n1. The van der Waals surface area contributed by atoms with Crippen LogP contribution < -0.4 is 4.90 Å². The van der Waals surface area contributed by atoms with Crippen LogP contribution in [0.4, 0.5) is 5.82 Å². The number of fused-ring (bicyclic) bond motifs is 1. The fourth-order valence-electron chi connectivity index (χ4n) is 3.03. The lowest BCUT2D eigenvalue weighted by atomic mass is 10.00. The van der Waals surface area contributed by atoms with Crippen molar-refractivity contribution >= 4 is 11.8 Å². The van der Waals surface area contributed by atoms with Crippen LogP contribution in [-0.2, 0) is 0 Å². The van der Waals surface area contributed by atoms with Gasteiger partial charge < -0.3 is 15.1 Å². The molecule has 2 N–H and O–H groups in total. The molecule has 0 bridgehead atoms. The van der Waals surface area contributed by atoms with E-state index in [-0.39, 0.29) is 11.8 Å². The molecule has 3 atom stereocenters. The van der Waals surface area contributed by atoms with Gasteiger partial charge in [-0.15, -0.1) is 0 Å². The Kier molecular flexibility index (Phi) is 2.66. The molecule has 3 rings (SSSR count). The van der Waals surface area contributed by atoms with Crippen molar-refractivity contribution in [1.29, 1.82) is 0 Å². The summed E-state index contributed by atoms with van der Waals surface area (Å²) in [6, 6.07) is 0. The third-order valence-electron chi connectivity index (χ3n) is 3.98. The van der Waals surface area contributed by atoms with Gasteiger partial charge in [0.15, 0.2) is 5.69 Å². The molecule has 1 aliphatic heterocycles. The molecule has 96 valence electrons. The van der Waals surface area contributed by atoms with Gasteiger partial charge in [0.1, 0.15) is 5.82 Å². The summed E-state index contributed by atoms with van der Waals surface area (Å²) in [4.78, 5) is 20.9. The molecule has 2 fully saturated rings. The van der Waals surface area contributed by atoms with Crippen molar-refractivity contribution in [3.05, 3.63) is 18.1 Å². The van der Waals surface area contributed by atoms with E-state index < -0.39 is 5.97 Å². The lowest BCUT2D eigenvalue weighted by Crippen LogP contribution is -2.25. The number of hydrogen-bond acceptors (Lipinski definition) is 5. The Hall–Kier alpha value is -1.69. The molecule has 2 heterocycles. The number of carboxylic acid groups (broad SMARTS) is 1. The van der Waals surface area contributed by atoms with Crippen LogP contribution in [0.5, 0.6) is 0 Å². The minimum absolute atomic E-state index is 0.0369. The minimum atomic E-state index is -1.07. The number of aromatic nitrogens is 2. The number of rotatable bonds is 2. The monoisotopic (exact) mass is 249 g/mol. The summed E-state index contributed by atoms with van der Waals surface area (Å²) in [7, 11) is 0. The summed E-state index contributed by atoms with van der Waals surface area (Å²) in [5, 5.41) is 18.7. The number of carboxylic acids is 1. The highest BCUT2D eigenvalue weighted by Gasteiger charge is 2.42. The van der Waals surface area contributed by atoms with E-state index in [0.717, 1.165) is 25.9 Å². The van der Waals surface area contributed by atoms with Crippen LogP contribution in [0.15, 0.2) is 12.4 Å². The van der Waals surface area contributed by atoms with E-state index >= 15 is 0 Å². The molecule has 1 aliphatic carbocycles. The normalized spacial score (nSPS) is 30.5. The standard InChI is InChI=1S/C12H15N3O3/c16-10-2-1-7-5-15(6-8(7)10)11-4-13-3-9(14-11)12(17)18/h3-4,7-8,10,16H,1-2,5-6H2,(H,17,18). The van der Waals surface area contributed by atoms with Gasteiger partial charge in [-0.05, 0) is 18.8 Å². The number of aliphatic hydroxyl groups is 1. The van der Waals surface area contributed by atoms with E-state index in [1.807, 2.05) is 4.90 Å². The van der Waals surface area contributed by atoms with E-state index in [2.05, 4.69) is 9.97 Å². The van der Waals surface area contributed by atoms with Crippen molar-refractivity contribution in [3.63, 3.8) is 0 Å². The van der Waals surface area contributed by atoms with Crippen molar-refractivity contribution in [3.8, 4) is 0 Å². The Morgan fingerprint density at radius 2 is 2.17 bits per heavy atom. The molecule has 1 saturated carbocycles. The van der Waals surface area contributed by atoms with Crippen LogP contribution in [0.25, 0.3) is 0 Å². The first-order valence-corrected chi connectivity index (χ1v) is 6.13. The van der Waals surface area contributed by atoms with Crippen LogP contribution in [0.3, 0.4) is 0 Å². The zero-order valence-corrected chi connectivity index (χ0v) is 9.86. The quantitative estimate of drug-likeness (QED) is 0.788. The summed E-state index contributed by atoms with van der Waals surface area (Å²) in [5.74, 6) is 0.316. The lowest BCUT2D eigenvalue weighted by Gasteiger charge is -2.19. The molecule has 6 heteroatoms. The van der Waals surface area contributed by atoms with Gasteiger partial charge in [0.05, 0.1) is 18.5 Å². The molecule has 0 aromatic carbocycles. The van der Waals surface area contributed by atoms with E-state index in [4.69, 9.17) is 5.11 Å². The number of hydrogen-bond donors (Lipinski definition) is 2. The maximum Gasteiger partial charge on any atom is 0.356 e. The van der Waals surface area contributed by atoms with E-state index in [0.29, 0.717) is 17.7 Å². The average Bonchev–Trinajstić information content (AvgIpc) is 2.92. The zero-order valence-electron chi connectivity index (χ0n) is 9.86. The summed E-state index contributed by atoms with van der Waals surface area (Å²) in [5.41, 5.74) is -0.0369. The largest absolute Gasteiger partial charge is 0.476 e. The molecule has 6 nitrogen and oxygen atoms in total. The van der Waals surface area contributed by atoms with Crippen molar-refractivity contribution < 1.29 is 15.0 Å². The first-order valence-electron chi connectivity index (χ1n) is 6.13. The fraction of sp³-hybridized carbons (Fsp3) is 0.583. The minimum Gasteiger partial charge on any atom is -0.476 e. The second-order valence-electron chi connectivity index (χ2n) is 5.04. The highest BCUT2D eigenvalue weighted by atomic mass is 16.4. The second-order valence-corrected chi connectivity index (χ2v) is 5.04. The van der Waals surface area contributed by atoms with Crippen molar-refractivity contribution in [2.45, 2.75) is 18.9 Å². The van der Waals surface area contributed by atoms with Gasteiger partial charge in [-0.25, -0.2) is 9.78 Å². The van der Waals surface area contributed by atoms with Gasteiger partial charge in [0, 0.05) is 19.0 Å². The lowest BCUT2D eigenvalue weighted by molar-refractivity contribution is 0.0690. The van der Waals surface area contributed by atoms with Crippen LogP contribution in [0.2, 0.25) is 0 Å². The van der Waals surface area contributed by atoms with Crippen LogP contribution in [0, 0.1) is 11.8 Å². The summed E-state index contributed by atoms with van der Waals surface area (Å²) in [6.07, 6.45) is 4.52. The third kappa shape index (κ3) is 1.82. The maximum atomic E-state index is 10.9. The zero-order chi connectivity index (χ0) is 12.7. The average molecular weight is 249 g/mol. The van der Waals surface area contributed by atoms with E-state index in [1.54, 1.807) is 6.20 Å². The van der Waals surface area contributed by atoms with Crippen molar-refractivity contribution in [2.75, 3.05) is 18.0 Å². The summed E-state index contributed by atoms with van der Waals surface area (Å²) in [6.45, 7) is 1.57. The van der Waals surface area contributed by atoms with Gasteiger partial charge in [-0.1, -0.05) is 0 Å². The van der Waals surface area contributed by atoms with Gasteiger partial charge in [-0.3, -0.25) is 4.98 Å². The highest BCUT2D eigenvalue weighted by Crippen LogP contribution is 2.39. The molecular weight excluding hydrogens is 234 g/mol. The molecule has 2 aliphatic rings. The highest BCUT2D eigenvalue weighted by molar-refractivity contribution is 5.85. The molecule has 1 aromatic rings. The van der Waals surface area contributed by atoms with Crippen LogP contribution in [0.1, 0.15) is 23.3 Å². The van der Waals surface area contributed by atoms with E-state index in [1.165, 1.54) is 6.20 Å². The molecule has 1 aromatic heterocycles. The third-order valence-corrected chi connectivity index (χ3v) is 3.98. The van der Waals surface area contributed by atoms with E-state index in [9.17, 15) is 9.90 Å². The number of nitrogens with zero attached hydrogens (tertiary/aromatic N) is 3. The number of carbonyl (C=O) groups is 1. The molecule has 18 heavy (non-hydrogen) atoms.